The lowest BCUT2D eigenvalue weighted by molar-refractivity contribution is 0.410. The fraction of sp³-hybridized carbons (Fsp3) is 0.227. The average molecular weight is 453 g/mol. The zero-order valence-electron chi connectivity index (χ0n) is 16.5. The smallest absolute Gasteiger partial charge is 0.228 e. The van der Waals surface area contributed by atoms with Crippen LogP contribution < -0.4 is 10.1 Å². The number of fused-ring (bicyclic) bond motifs is 1. The summed E-state index contributed by atoms with van der Waals surface area (Å²) in [6.45, 7) is 4.61. The second kappa shape index (κ2) is 8.21. The summed E-state index contributed by atoms with van der Waals surface area (Å²) < 4.78 is 12.1. The Bertz CT molecular complexity index is 1160. The van der Waals surface area contributed by atoms with E-state index in [1.807, 2.05) is 37.3 Å². The first-order valence-corrected chi connectivity index (χ1v) is 10.2. The lowest BCUT2D eigenvalue weighted by Gasteiger charge is -2.11. The van der Waals surface area contributed by atoms with E-state index >= 15 is 0 Å². The van der Waals surface area contributed by atoms with Gasteiger partial charge in [-0.3, -0.25) is 0 Å². The highest BCUT2D eigenvalue weighted by atomic mass is 79.9. The molecule has 0 unspecified atom stereocenters. The molecule has 0 amide bonds. The molecule has 0 bridgehead atoms. The molecular weight excluding hydrogens is 432 g/mol. The van der Waals surface area contributed by atoms with Crippen LogP contribution in [0.4, 0.5) is 5.82 Å². The Labute approximate surface area is 177 Å². The van der Waals surface area contributed by atoms with Gasteiger partial charge in [0.05, 0.1) is 7.11 Å². The van der Waals surface area contributed by atoms with Crippen LogP contribution in [-0.4, -0.2) is 22.2 Å². The van der Waals surface area contributed by atoms with Crippen molar-refractivity contribution < 1.29 is 9.26 Å². The molecule has 0 spiro atoms. The number of anilines is 1. The van der Waals surface area contributed by atoms with E-state index in [9.17, 15) is 0 Å². The number of aromatic nitrogens is 3. The summed E-state index contributed by atoms with van der Waals surface area (Å²) in [7, 11) is 1.66. The summed E-state index contributed by atoms with van der Waals surface area (Å²) in [5.41, 5.74) is 5.15. The van der Waals surface area contributed by atoms with E-state index in [1.54, 1.807) is 7.11 Å². The number of benzene rings is 2. The molecule has 0 fully saturated rings. The largest absolute Gasteiger partial charge is 0.496 e. The molecule has 2 heterocycles. The van der Waals surface area contributed by atoms with Gasteiger partial charge in [-0.25, -0.2) is 9.97 Å². The van der Waals surface area contributed by atoms with Gasteiger partial charge < -0.3 is 14.6 Å². The zero-order valence-corrected chi connectivity index (χ0v) is 18.1. The standard InChI is InChI=1S/C22H21BrN4O2/c1-4-18-25-20-19(14-7-5-13(2)6-8-14)27-29-21(20)22(26-18)24-12-15-11-16(23)9-10-17(15)28-3/h5-11H,4,12H2,1-3H3,(H,24,25,26). The maximum Gasteiger partial charge on any atom is 0.228 e. The van der Waals surface area contributed by atoms with Gasteiger partial charge in [-0.05, 0) is 25.1 Å². The van der Waals surface area contributed by atoms with Crippen molar-refractivity contribution in [2.24, 2.45) is 0 Å². The third kappa shape index (κ3) is 3.96. The van der Waals surface area contributed by atoms with E-state index in [-0.39, 0.29) is 0 Å². The van der Waals surface area contributed by atoms with Crippen molar-refractivity contribution in [2.75, 3.05) is 12.4 Å². The van der Waals surface area contributed by atoms with E-state index < -0.39 is 0 Å². The van der Waals surface area contributed by atoms with Gasteiger partial charge in [0.25, 0.3) is 0 Å². The number of halogens is 1. The molecule has 0 radical (unpaired) electrons. The maximum absolute atomic E-state index is 5.66. The van der Waals surface area contributed by atoms with Crippen LogP contribution in [0, 0.1) is 6.92 Å². The molecule has 0 aliphatic rings. The van der Waals surface area contributed by atoms with E-state index in [0.717, 1.165) is 32.9 Å². The number of rotatable bonds is 6. The second-order valence-electron chi connectivity index (χ2n) is 6.73. The summed E-state index contributed by atoms with van der Waals surface area (Å²) in [5.74, 6) is 2.16. The Balaban J connectivity index is 1.73. The normalized spacial score (nSPS) is 11.0. The van der Waals surface area contributed by atoms with Gasteiger partial charge in [0, 0.05) is 28.6 Å². The van der Waals surface area contributed by atoms with Gasteiger partial charge in [0.1, 0.15) is 22.8 Å². The van der Waals surface area contributed by atoms with Crippen molar-refractivity contribution in [2.45, 2.75) is 26.8 Å². The first kappa shape index (κ1) is 19.4. The Kier molecular flexibility index (Phi) is 5.49. The van der Waals surface area contributed by atoms with Gasteiger partial charge in [-0.1, -0.05) is 57.8 Å². The van der Waals surface area contributed by atoms with Crippen LogP contribution in [0.2, 0.25) is 0 Å². The predicted molar refractivity (Wildman–Crippen MR) is 117 cm³/mol. The summed E-state index contributed by atoms with van der Waals surface area (Å²) in [4.78, 5) is 9.30. The first-order valence-electron chi connectivity index (χ1n) is 9.38. The summed E-state index contributed by atoms with van der Waals surface area (Å²) in [6.07, 6.45) is 0.712. The molecule has 0 saturated carbocycles. The van der Waals surface area contributed by atoms with E-state index in [1.165, 1.54) is 5.56 Å². The van der Waals surface area contributed by atoms with Crippen LogP contribution in [0.1, 0.15) is 23.9 Å². The van der Waals surface area contributed by atoms with Crippen LogP contribution in [-0.2, 0) is 13.0 Å². The molecule has 7 heteroatoms. The first-order chi connectivity index (χ1) is 14.1. The van der Waals surface area contributed by atoms with Crippen molar-refractivity contribution in [1.82, 2.24) is 15.1 Å². The van der Waals surface area contributed by atoms with Crippen LogP contribution in [0.25, 0.3) is 22.4 Å². The molecule has 2 aromatic heterocycles. The van der Waals surface area contributed by atoms with Crippen molar-refractivity contribution >= 4 is 32.8 Å². The lowest BCUT2D eigenvalue weighted by atomic mass is 10.1. The van der Waals surface area contributed by atoms with Gasteiger partial charge in [-0.15, -0.1) is 0 Å². The van der Waals surface area contributed by atoms with Gasteiger partial charge in [-0.2, -0.15) is 0 Å². The summed E-state index contributed by atoms with van der Waals surface area (Å²) >= 11 is 3.51. The minimum absolute atomic E-state index is 0.526. The highest BCUT2D eigenvalue weighted by Crippen LogP contribution is 2.31. The Morgan fingerprint density at radius 1 is 1.10 bits per heavy atom. The third-order valence-corrected chi connectivity index (χ3v) is 5.19. The molecule has 4 aromatic rings. The number of hydrogen-bond donors (Lipinski definition) is 1. The molecule has 0 atom stereocenters. The van der Waals surface area contributed by atoms with Crippen LogP contribution >= 0.6 is 15.9 Å². The van der Waals surface area contributed by atoms with Crippen molar-refractivity contribution in [1.29, 1.82) is 0 Å². The van der Waals surface area contributed by atoms with Gasteiger partial charge in [0.15, 0.2) is 5.82 Å². The van der Waals surface area contributed by atoms with Crippen molar-refractivity contribution in [3.63, 3.8) is 0 Å². The number of aryl methyl sites for hydroxylation is 2. The molecule has 2 aromatic carbocycles. The lowest BCUT2D eigenvalue weighted by Crippen LogP contribution is -2.06. The molecule has 6 nitrogen and oxygen atoms in total. The third-order valence-electron chi connectivity index (χ3n) is 4.69. The summed E-state index contributed by atoms with van der Waals surface area (Å²) in [5, 5.41) is 7.65. The van der Waals surface area contributed by atoms with Crippen LogP contribution in [0.15, 0.2) is 51.5 Å². The molecule has 0 saturated heterocycles. The molecule has 1 N–H and O–H groups in total. The minimum Gasteiger partial charge on any atom is -0.496 e. The highest BCUT2D eigenvalue weighted by Gasteiger charge is 2.18. The summed E-state index contributed by atoms with van der Waals surface area (Å²) in [6, 6.07) is 14.1. The van der Waals surface area contributed by atoms with Gasteiger partial charge >= 0.3 is 0 Å². The fourth-order valence-electron chi connectivity index (χ4n) is 3.12. The highest BCUT2D eigenvalue weighted by molar-refractivity contribution is 9.10. The quantitative estimate of drug-likeness (QED) is 0.413. The molecule has 0 aliphatic heterocycles. The maximum atomic E-state index is 5.66. The van der Waals surface area contributed by atoms with Crippen molar-refractivity contribution in [3.8, 4) is 17.0 Å². The molecule has 0 aliphatic carbocycles. The van der Waals surface area contributed by atoms with E-state index in [0.29, 0.717) is 29.9 Å². The molecule has 29 heavy (non-hydrogen) atoms. The topological polar surface area (TPSA) is 73.1 Å². The van der Waals surface area contributed by atoms with E-state index in [2.05, 4.69) is 55.4 Å². The Morgan fingerprint density at radius 2 is 1.90 bits per heavy atom. The van der Waals surface area contributed by atoms with Gasteiger partial charge in [0.2, 0.25) is 5.58 Å². The Morgan fingerprint density at radius 3 is 2.62 bits per heavy atom. The van der Waals surface area contributed by atoms with Crippen LogP contribution in [0.5, 0.6) is 5.75 Å². The zero-order chi connectivity index (χ0) is 20.4. The number of hydrogen-bond acceptors (Lipinski definition) is 6. The molecule has 148 valence electrons. The SMILES string of the molecule is CCc1nc(NCc2cc(Br)ccc2OC)c2onc(-c3ccc(C)cc3)c2n1. The Hall–Kier alpha value is -2.93. The average Bonchev–Trinajstić information content (AvgIpc) is 3.16. The number of nitrogens with one attached hydrogen (secondary N) is 1. The molecule has 4 rings (SSSR count). The number of ether oxygens (including phenoxy) is 1. The monoisotopic (exact) mass is 452 g/mol. The number of methoxy groups -OCH3 is 1. The van der Waals surface area contributed by atoms with Crippen molar-refractivity contribution in [3.05, 3.63) is 63.9 Å². The molecular formula is C22H21BrN4O2. The van der Waals surface area contributed by atoms with Crippen LogP contribution in [0.3, 0.4) is 0 Å². The fourth-order valence-corrected chi connectivity index (χ4v) is 3.53. The van der Waals surface area contributed by atoms with E-state index in [4.69, 9.17) is 9.26 Å². The minimum atomic E-state index is 0.526. The second-order valence-corrected chi connectivity index (χ2v) is 7.64. The number of nitrogens with zero attached hydrogens (tertiary/aromatic N) is 3. The predicted octanol–water partition coefficient (Wildman–Crippen LogP) is 5.54.